The fraction of sp³-hybridized carbons (Fsp3) is 0.538. The molecule has 0 unspecified atom stereocenters. The molecule has 1 fully saturated rings. The normalized spacial score (nSPS) is 17.9. The molecule has 1 aromatic rings. The van der Waals surface area contributed by atoms with Crippen molar-refractivity contribution in [3.8, 4) is 0 Å². The first-order valence-electron chi connectivity index (χ1n) is 5.94. The number of nitrogens with two attached hydrogens (primary N) is 1. The molecule has 0 radical (unpaired) electrons. The van der Waals surface area contributed by atoms with Crippen LogP contribution in [-0.2, 0) is 0 Å². The fourth-order valence-corrected chi connectivity index (χ4v) is 2.69. The topological polar surface area (TPSA) is 38.0 Å². The summed E-state index contributed by atoms with van der Waals surface area (Å²) < 4.78 is 1.03. The molecule has 16 heavy (non-hydrogen) atoms. The minimum absolute atomic E-state index is 0.527. The first kappa shape index (κ1) is 11.8. The van der Waals surface area contributed by atoms with E-state index in [2.05, 4.69) is 28.2 Å². The largest absolute Gasteiger partial charge is 0.397 e. The van der Waals surface area contributed by atoms with Gasteiger partial charge in [-0.15, -0.1) is 0 Å². The Bertz CT molecular complexity index is 367. The summed E-state index contributed by atoms with van der Waals surface area (Å²) in [6.07, 6.45) is 5.35. The van der Waals surface area contributed by atoms with E-state index in [0.717, 1.165) is 22.4 Å². The van der Waals surface area contributed by atoms with Gasteiger partial charge in [-0.25, -0.2) is 0 Å². The number of hydrogen-bond acceptors (Lipinski definition) is 2. The molecule has 3 N–H and O–H groups in total. The second-order valence-electron chi connectivity index (χ2n) is 4.79. The van der Waals surface area contributed by atoms with Crippen LogP contribution in [0, 0.1) is 5.41 Å². The number of hydrogen-bond donors (Lipinski definition) is 2. The lowest BCUT2D eigenvalue weighted by molar-refractivity contribution is 0.145. The molecule has 2 nitrogen and oxygen atoms in total. The molecule has 2 rings (SSSR count). The Hall–Kier alpha value is -0.700. The molecule has 0 aliphatic heterocycles. The molecule has 0 aromatic heterocycles. The molecule has 0 heterocycles. The fourth-order valence-electron chi connectivity index (χ4n) is 2.31. The zero-order valence-corrected chi connectivity index (χ0v) is 11.3. The summed E-state index contributed by atoms with van der Waals surface area (Å²) in [6.45, 7) is 3.33. The van der Waals surface area contributed by atoms with Gasteiger partial charge in [0.2, 0.25) is 0 Å². The highest BCUT2D eigenvalue weighted by Crippen LogP contribution is 2.43. The molecular formula is C13H19BrN2. The first-order chi connectivity index (χ1) is 7.65. The highest BCUT2D eigenvalue weighted by atomic mass is 79.9. The van der Waals surface area contributed by atoms with Crippen molar-refractivity contribution in [2.24, 2.45) is 5.41 Å². The number of benzene rings is 1. The summed E-state index contributed by atoms with van der Waals surface area (Å²) in [4.78, 5) is 0. The second kappa shape index (κ2) is 4.66. The van der Waals surface area contributed by atoms with E-state index >= 15 is 0 Å². The molecule has 3 heteroatoms. The lowest BCUT2D eigenvalue weighted by Crippen LogP contribution is -2.35. The van der Waals surface area contributed by atoms with E-state index in [9.17, 15) is 0 Å². The van der Waals surface area contributed by atoms with Crippen LogP contribution < -0.4 is 11.1 Å². The molecule has 1 saturated carbocycles. The lowest BCUT2D eigenvalue weighted by atomic mass is 9.67. The van der Waals surface area contributed by atoms with Crippen molar-refractivity contribution in [1.82, 2.24) is 0 Å². The van der Waals surface area contributed by atoms with Crippen molar-refractivity contribution in [2.45, 2.75) is 32.6 Å². The van der Waals surface area contributed by atoms with Gasteiger partial charge in [-0.2, -0.15) is 0 Å². The molecule has 88 valence electrons. The van der Waals surface area contributed by atoms with E-state index in [0.29, 0.717) is 5.41 Å². The molecular weight excluding hydrogens is 264 g/mol. The third-order valence-corrected chi connectivity index (χ3v) is 4.32. The smallest absolute Gasteiger partial charge is 0.0574 e. The van der Waals surface area contributed by atoms with Gasteiger partial charge in [-0.1, -0.05) is 29.3 Å². The van der Waals surface area contributed by atoms with E-state index in [4.69, 9.17) is 5.73 Å². The van der Waals surface area contributed by atoms with Crippen LogP contribution in [0.3, 0.4) is 0 Å². The van der Waals surface area contributed by atoms with Crippen LogP contribution in [0.2, 0.25) is 0 Å². The van der Waals surface area contributed by atoms with Crippen molar-refractivity contribution in [3.05, 3.63) is 22.7 Å². The predicted octanol–water partition coefficient (Wildman–Crippen LogP) is 4.02. The third-order valence-electron chi connectivity index (χ3n) is 3.83. The monoisotopic (exact) mass is 282 g/mol. The van der Waals surface area contributed by atoms with Gasteiger partial charge in [-0.05, 0) is 42.9 Å². The average molecular weight is 283 g/mol. The van der Waals surface area contributed by atoms with Gasteiger partial charge < -0.3 is 11.1 Å². The minimum Gasteiger partial charge on any atom is -0.397 e. The zero-order chi connectivity index (χ0) is 11.6. The Labute approximate surface area is 106 Å². The average Bonchev–Trinajstić information content (AvgIpc) is 2.19. The Morgan fingerprint density at radius 1 is 1.44 bits per heavy atom. The molecule has 0 atom stereocenters. The van der Waals surface area contributed by atoms with Crippen LogP contribution in [-0.4, -0.2) is 6.54 Å². The Kier molecular flexibility index (Phi) is 3.43. The summed E-state index contributed by atoms with van der Waals surface area (Å²) in [5.74, 6) is 0. The molecule has 0 spiro atoms. The van der Waals surface area contributed by atoms with Crippen molar-refractivity contribution in [2.75, 3.05) is 17.6 Å². The third kappa shape index (κ3) is 2.34. The summed E-state index contributed by atoms with van der Waals surface area (Å²) in [6, 6.07) is 6.02. The maximum absolute atomic E-state index is 5.96. The van der Waals surface area contributed by atoms with Crippen molar-refractivity contribution < 1.29 is 0 Å². The number of halogens is 1. The van der Waals surface area contributed by atoms with E-state index < -0.39 is 0 Å². The Morgan fingerprint density at radius 2 is 2.19 bits per heavy atom. The highest BCUT2D eigenvalue weighted by molar-refractivity contribution is 9.10. The molecule has 0 saturated heterocycles. The highest BCUT2D eigenvalue weighted by Gasteiger charge is 2.34. The number of nitrogens with one attached hydrogen (secondary N) is 1. The van der Waals surface area contributed by atoms with Crippen LogP contribution in [0.15, 0.2) is 22.7 Å². The molecule has 1 aromatic carbocycles. The SMILES string of the molecule is CCC1(CNc2ccc(Br)cc2N)CCC1. The molecule has 0 bridgehead atoms. The van der Waals surface area contributed by atoms with Gasteiger partial charge in [0, 0.05) is 11.0 Å². The first-order valence-corrected chi connectivity index (χ1v) is 6.73. The van der Waals surface area contributed by atoms with Gasteiger partial charge in [0.15, 0.2) is 0 Å². The van der Waals surface area contributed by atoms with E-state index in [-0.39, 0.29) is 0 Å². The number of nitrogen functional groups attached to an aromatic ring is 1. The van der Waals surface area contributed by atoms with Crippen LogP contribution in [0.1, 0.15) is 32.6 Å². The zero-order valence-electron chi connectivity index (χ0n) is 9.72. The van der Waals surface area contributed by atoms with Gasteiger partial charge in [0.1, 0.15) is 0 Å². The summed E-state index contributed by atoms with van der Waals surface area (Å²) >= 11 is 3.42. The van der Waals surface area contributed by atoms with Crippen LogP contribution in [0.25, 0.3) is 0 Å². The summed E-state index contributed by atoms with van der Waals surface area (Å²) in [7, 11) is 0. The van der Waals surface area contributed by atoms with Crippen molar-refractivity contribution in [3.63, 3.8) is 0 Å². The van der Waals surface area contributed by atoms with Crippen LogP contribution >= 0.6 is 15.9 Å². The standard InChI is InChI=1S/C13H19BrN2/c1-2-13(6-3-7-13)9-16-12-5-4-10(14)8-11(12)15/h4-5,8,16H,2-3,6-7,9,15H2,1H3. The maximum Gasteiger partial charge on any atom is 0.0574 e. The maximum atomic E-state index is 5.96. The van der Waals surface area contributed by atoms with Crippen LogP contribution in [0.4, 0.5) is 11.4 Å². The van der Waals surface area contributed by atoms with E-state index in [1.807, 2.05) is 18.2 Å². The number of rotatable bonds is 4. The van der Waals surface area contributed by atoms with Crippen molar-refractivity contribution >= 4 is 27.3 Å². The molecule has 1 aliphatic rings. The summed E-state index contributed by atoms with van der Waals surface area (Å²) in [5.41, 5.74) is 8.36. The minimum atomic E-state index is 0.527. The van der Waals surface area contributed by atoms with Gasteiger partial charge in [0.25, 0.3) is 0 Å². The van der Waals surface area contributed by atoms with Crippen molar-refractivity contribution in [1.29, 1.82) is 0 Å². The predicted molar refractivity (Wildman–Crippen MR) is 73.6 cm³/mol. The quantitative estimate of drug-likeness (QED) is 0.819. The summed E-state index contributed by atoms with van der Waals surface area (Å²) in [5, 5.41) is 3.49. The van der Waals surface area contributed by atoms with Crippen LogP contribution in [0.5, 0.6) is 0 Å². The Morgan fingerprint density at radius 3 is 2.69 bits per heavy atom. The second-order valence-corrected chi connectivity index (χ2v) is 5.71. The molecule has 0 amide bonds. The van der Waals surface area contributed by atoms with Gasteiger partial charge >= 0.3 is 0 Å². The van der Waals surface area contributed by atoms with Gasteiger partial charge in [-0.3, -0.25) is 0 Å². The number of anilines is 2. The Balaban J connectivity index is 1.99. The van der Waals surface area contributed by atoms with E-state index in [1.54, 1.807) is 0 Å². The van der Waals surface area contributed by atoms with Gasteiger partial charge in [0.05, 0.1) is 11.4 Å². The molecule has 1 aliphatic carbocycles. The lowest BCUT2D eigenvalue weighted by Gasteiger charge is -2.41. The van der Waals surface area contributed by atoms with E-state index in [1.165, 1.54) is 25.7 Å².